The van der Waals surface area contributed by atoms with Crippen LogP contribution < -0.4 is 0 Å². The summed E-state index contributed by atoms with van der Waals surface area (Å²) in [5, 5.41) is 9.49. The maximum Gasteiger partial charge on any atom is 0.0994 e. The fraction of sp³-hybridized carbons (Fsp3) is 0.688. The molecule has 0 spiro atoms. The van der Waals surface area contributed by atoms with Crippen molar-refractivity contribution in [2.75, 3.05) is 0 Å². The second kappa shape index (κ2) is 5.54. The number of rotatable bonds is 1. The van der Waals surface area contributed by atoms with E-state index < -0.39 is 0 Å². The Labute approximate surface area is 105 Å². The molecule has 2 unspecified atom stereocenters. The first kappa shape index (κ1) is 12.4. The zero-order valence-corrected chi connectivity index (χ0v) is 11.1. The molecule has 0 radical (unpaired) electrons. The quantitative estimate of drug-likeness (QED) is 0.594. The first-order chi connectivity index (χ1) is 8.22. The highest BCUT2D eigenvalue weighted by Gasteiger charge is 2.22. The number of hydrogen-bond donors (Lipinski definition) is 0. The molecular weight excluding hydrogens is 206 g/mol. The van der Waals surface area contributed by atoms with Crippen LogP contribution in [0.15, 0.2) is 22.8 Å². The molecule has 1 heteroatoms. The van der Waals surface area contributed by atoms with E-state index in [1.54, 1.807) is 0 Å². The number of nitriles is 1. The SMILES string of the molecule is CC1CCCC(=C(C#N)C2=CCCCC2C)C1. The fourth-order valence-electron chi connectivity index (χ4n) is 3.25. The van der Waals surface area contributed by atoms with Gasteiger partial charge in [-0.15, -0.1) is 0 Å². The predicted octanol–water partition coefficient (Wildman–Crippen LogP) is 4.76. The van der Waals surface area contributed by atoms with Crippen molar-refractivity contribution in [3.05, 3.63) is 22.8 Å². The Morgan fingerprint density at radius 2 is 2.12 bits per heavy atom. The van der Waals surface area contributed by atoms with E-state index in [2.05, 4.69) is 26.0 Å². The molecule has 2 aliphatic rings. The average Bonchev–Trinajstić information content (AvgIpc) is 2.33. The van der Waals surface area contributed by atoms with Crippen LogP contribution in [0.3, 0.4) is 0 Å². The van der Waals surface area contributed by atoms with Crippen molar-refractivity contribution in [1.29, 1.82) is 5.26 Å². The van der Waals surface area contributed by atoms with E-state index in [1.165, 1.54) is 36.8 Å². The average molecular weight is 229 g/mol. The molecule has 0 N–H and O–H groups in total. The van der Waals surface area contributed by atoms with Crippen LogP contribution in [0.25, 0.3) is 0 Å². The summed E-state index contributed by atoms with van der Waals surface area (Å²) in [6, 6.07) is 2.50. The van der Waals surface area contributed by atoms with Crippen LogP contribution in [0.2, 0.25) is 0 Å². The van der Waals surface area contributed by atoms with Gasteiger partial charge in [-0.3, -0.25) is 0 Å². The van der Waals surface area contributed by atoms with Gasteiger partial charge in [0.25, 0.3) is 0 Å². The summed E-state index contributed by atoms with van der Waals surface area (Å²) >= 11 is 0. The van der Waals surface area contributed by atoms with Crippen LogP contribution in [0.4, 0.5) is 0 Å². The second-order valence-corrected chi connectivity index (χ2v) is 5.78. The summed E-state index contributed by atoms with van der Waals surface area (Å²) in [5.74, 6) is 1.35. The largest absolute Gasteiger partial charge is 0.192 e. The van der Waals surface area contributed by atoms with Crippen LogP contribution in [0.5, 0.6) is 0 Å². The monoisotopic (exact) mass is 229 g/mol. The first-order valence-electron chi connectivity index (χ1n) is 7.05. The molecule has 1 fully saturated rings. The van der Waals surface area contributed by atoms with Gasteiger partial charge in [0.15, 0.2) is 0 Å². The molecule has 2 atom stereocenters. The minimum Gasteiger partial charge on any atom is -0.192 e. The van der Waals surface area contributed by atoms with E-state index in [0.717, 1.165) is 30.8 Å². The second-order valence-electron chi connectivity index (χ2n) is 5.78. The molecule has 92 valence electrons. The van der Waals surface area contributed by atoms with Crippen LogP contribution in [-0.2, 0) is 0 Å². The topological polar surface area (TPSA) is 23.8 Å². The lowest BCUT2D eigenvalue weighted by Crippen LogP contribution is -2.12. The summed E-state index contributed by atoms with van der Waals surface area (Å²) in [7, 11) is 0. The minimum atomic E-state index is 0.586. The molecule has 1 nitrogen and oxygen atoms in total. The summed E-state index contributed by atoms with van der Waals surface area (Å²) in [5.41, 5.74) is 3.83. The van der Waals surface area contributed by atoms with Crippen molar-refractivity contribution in [3.8, 4) is 6.07 Å². The summed E-state index contributed by atoms with van der Waals surface area (Å²) in [6.07, 6.45) is 10.9. The number of hydrogen-bond acceptors (Lipinski definition) is 1. The highest BCUT2D eigenvalue weighted by atomic mass is 14.3. The molecule has 0 heterocycles. The van der Waals surface area contributed by atoms with Gasteiger partial charge < -0.3 is 0 Å². The van der Waals surface area contributed by atoms with Crippen molar-refractivity contribution in [2.24, 2.45) is 11.8 Å². The molecule has 0 saturated heterocycles. The highest BCUT2D eigenvalue weighted by Crippen LogP contribution is 2.36. The molecule has 0 aromatic heterocycles. The van der Waals surface area contributed by atoms with Crippen molar-refractivity contribution in [2.45, 2.75) is 58.8 Å². The number of allylic oxidation sites excluding steroid dienone is 4. The van der Waals surface area contributed by atoms with Gasteiger partial charge in [0.05, 0.1) is 11.6 Å². The molecule has 0 bridgehead atoms. The third-order valence-electron chi connectivity index (χ3n) is 4.26. The van der Waals surface area contributed by atoms with Crippen LogP contribution in [-0.4, -0.2) is 0 Å². The summed E-state index contributed by atoms with van der Waals surface area (Å²) in [6.45, 7) is 4.59. The van der Waals surface area contributed by atoms with Gasteiger partial charge in [0.2, 0.25) is 0 Å². The van der Waals surface area contributed by atoms with E-state index in [0.29, 0.717) is 5.92 Å². The summed E-state index contributed by atoms with van der Waals surface area (Å²) < 4.78 is 0. The lowest BCUT2D eigenvalue weighted by Gasteiger charge is -2.26. The molecule has 0 aliphatic heterocycles. The first-order valence-corrected chi connectivity index (χ1v) is 7.05. The van der Waals surface area contributed by atoms with Crippen LogP contribution >= 0.6 is 0 Å². The molecular formula is C16H23N. The maximum absolute atomic E-state index is 9.49. The predicted molar refractivity (Wildman–Crippen MR) is 71.4 cm³/mol. The third-order valence-corrected chi connectivity index (χ3v) is 4.26. The Balaban J connectivity index is 2.29. The standard InChI is InChI=1S/C16H23N/c1-12-6-5-8-14(10-12)16(11-17)15-9-4-3-7-13(15)2/h9,12-13H,3-8,10H2,1-2H3. The minimum absolute atomic E-state index is 0.586. The van der Waals surface area contributed by atoms with Crippen molar-refractivity contribution < 1.29 is 0 Å². The Morgan fingerprint density at radius 1 is 1.29 bits per heavy atom. The lowest BCUT2D eigenvalue weighted by molar-refractivity contribution is 0.449. The van der Waals surface area contributed by atoms with Gasteiger partial charge in [-0.1, -0.05) is 31.9 Å². The molecule has 0 amide bonds. The highest BCUT2D eigenvalue weighted by molar-refractivity contribution is 5.47. The Hall–Kier alpha value is -1.03. The van der Waals surface area contributed by atoms with Gasteiger partial charge >= 0.3 is 0 Å². The fourth-order valence-corrected chi connectivity index (χ4v) is 3.25. The molecule has 2 aliphatic carbocycles. The molecule has 2 rings (SSSR count). The van der Waals surface area contributed by atoms with Gasteiger partial charge in [0, 0.05) is 0 Å². The van der Waals surface area contributed by atoms with E-state index in [1.807, 2.05) is 0 Å². The van der Waals surface area contributed by atoms with Crippen molar-refractivity contribution in [3.63, 3.8) is 0 Å². The third kappa shape index (κ3) is 2.80. The molecule has 17 heavy (non-hydrogen) atoms. The molecule has 0 aromatic carbocycles. The van der Waals surface area contributed by atoms with Crippen molar-refractivity contribution in [1.82, 2.24) is 0 Å². The maximum atomic E-state index is 9.49. The van der Waals surface area contributed by atoms with Gasteiger partial charge in [-0.05, 0) is 55.9 Å². The van der Waals surface area contributed by atoms with Gasteiger partial charge in [-0.25, -0.2) is 0 Å². The van der Waals surface area contributed by atoms with Gasteiger partial charge in [-0.2, -0.15) is 5.26 Å². The van der Waals surface area contributed by atoms with E-state index in [-0.39, 0.29) is 0 Å². The Bertz CT molecular complexity index is 381. The zero-order chi connectivity index (χ0) is 12.3. The summed E-state index contributed by atoms with van der Waals surface area (Å²) in [4.78, 5) is 0. The zero-order valence-electron chi connectivity index (χ0n) is 11.1. The Kier molecular flexibility index (Phi) is 4.05. The van der Waals surface area contributed by atoms with Crippen LogP contribution in [0, 0.1) is 23.2 Å². The van der Waals surface area contributed by atoms with E-state index in [9.17, 15) is 5.26 Å². The molecule has 0 aromatic rings. The van der Waals surface area contributed by atoms with E-state index in [4.69, 9.17) is 0 Å². The van der Waals surface area contributed by atoms with Gasteiger partial charge in [0.1, 0.15) is 0 Å². The molecule has 1 saturated carbocycles. The number of nitrogens with zero attached hydrogens (tertiary/aromatic N) is 1. The van der Waals surface area contributed by atoms with Crippen LogP contribution in [0.1, 0.15) is 58.8 Å². The smallest absolute Gasteiger partial charge is 0.0994 e. The van der Waals surface area contributed by atoms with E-state index >= 15 is 0 Å². The lowest BCUT2D eigenvalue weighted by atomic mass is 9.78. The Morgan fingerprint density at radius 3 is 2.76 bits per heavy atom. The van der Waals surface area contributed by atoms with Crippen molar-refractivity contribution >= 4 is 0 Å². The normalized spacial score (nSPS) is 32.6.